The van der Waals surface area contributed by atoms with Crippen LogP contribution in [0.5, 0.6) is 0 Å². The summed E-state index contributed by atoms with van der Waals surface area (Å²) in [5, 5.41) is 9.81. The molecule has 142 valence electrons. The lowest BCUT2D eigenvalue weighted by molar-refractivity contribution is 1.06. The Bertz CT molecular complexity index is 981. The molecule has 1 aromatic heterocycles. The van der Waals surface area contributed by atoms with Crippen molar-refractivity contribution >= 4 is 40.6 Å². The summed E-state index contributed by atoms with van der Waals surface area (Å²) in [6.07, 6.45) is 0. The molecule has 0 bridgehead atoms. The van der Waals surface area contributed by atoms with Gasteiger partial charge in [0, 0.05) is 22.8 Å². The number of nitrogens with one attached hydrogen (secondary N) is 3. The highest BCUT2D eigenvalue weighted by molar-refractivity contribution is 7.80. The van der Waals surface area contributed by atoms with Gasteiger partial charge in [-0.15, -0.1) is 0 Å². The predicted molar refractivity (Wildman–Crippen MR) is 120 cm³/mol. The van der Waals surface area contributed by atoms with Crippen LogP contribution in [0.15, 0.2) is 65.7 Å². The second-order valence-electron chi connectivity index (χ2n) is 6.35. The zero-order chi connectivity index (χ0) is 19.9. The number of hydrogen-bond acceptors (Lipinski definition) is 3. The highest BCUT2D eigenvalue weighted by Crippen LogP contribution is 2.12. The molecular weight excluding hydrogens is 368 g/mol. The standard InChI is InChI=1S/C21H22N6S/c1-14-8-7-11-18(12-14)24-20(26-19-22-15(2)13-16(3)23-19)27-21(28)25-17-9-5-4-6-10-17/h4-13H,1-3H3,(H3,22,23,24,25,26,27,28). The lowest BCUT2D eigenvalue weighted by atomic mass is 10.2. The summed E-state index contributed by atoms with van der Waals surface area (Å²) >= 11 is 5.40. The third-order valence-electron chi connectivity index (χ3n) is 3.73. The molecule has 7 heteroatoms. The van der Waals surface area contributed by atoms with Crippen LogP contribution in [-0.4, -0.2) is 21.0 Å². The molecule has 3 aromatic rings. The van der Waals surface area contributed by atoms with Crippen LogP contribution in [0.2, 0.25) is 0 Å². The molecule has 0 aliphatic heterocycles. The van der Waals surface area contributed by atoms with E-state index in [1.807, 2.05) is 81.4 Å². The quantitative estimate of drug-likeness (QED) is 0.343. The van der Waals surface area contributed by atoms with Gasteiger partial charge in [0.05, 0.1) is 0 Å². The summed E-state index contributed by atoms with van der Waals surface area (Å²) in [4.78, 5) is 13.3. The summed E-state index contributed by atoms with van der Waals surface area (Å²) in [6.45, 7) is 5.88. The van der Waals surface area contributed by atoms with Crippen molar-refractivity contribution in [1.82, 2.24) is 9.97 Å². The molecule has 0 aliphatic carbocycles. The Morgan fingerprint density at radius 2 is 1.46 bits per heavy atom. The number of hydrogen-bond donors (Lipinski definition) is 3. The Hall–Kier alpha value is -3.32. The summed E-state index contributed by atoms with van der Waals surface area (Å²) in [7, 11) is 0. The van der Waals surface area contributed by atoms with Crippen molar-refractivity contribution in [3.63, 3.8) is 0 Å². The molecule has 0 fully saturated rings. The van der Waals surface area contributed by atoms with Crippen LogP contribution in [-0.2, 0) is 0 Å². The molecule has 0 saturated carbocycles. The number of aromatic nitrogens is 2. The van der Waals surface area contributed by atoms with E-state index in [2.05, 4.69) is 30.9 Å². The maximum atomic E-state index is 5.40. The van der Waals surface area contributed by atoms with E-state index in [0.29, 0.717) is 17.0 Å². The highest BCUT2D eigenvalue weighted by Gasteiger charge is 2.07. The largest absolute Gasteiger partial charge is 0.331 e. The van der Waals surface area contributed by atoms with Crippen molar-refractivity contribution in [2.75, 3.05) is 16.0 Å². The van der Waals surface area contributed by atoms with Crippen molar-refractivity contribution in [3.8, 4) is 0 Å². The van der Waals surface area contributed by atoms with Crippen LogP contribution >= 0.6 is 12.2 Å². The maximum absolute atomic E-state index is 5.40. The number of thiocarbonyl (C=S) groups is 1. The number of anilines is 3. The first kappa shape index (κ1) is 19.4. The van der Waals surface area contributed by atoms with Gasteiger partial charge >= 0.3 is 0 Å². The number of para-hydroxylation sites is 1. The molecule has 1 heterocycles. The number of guanidine groups is 1. The minimum absolute atomic E-state index is 0.318. The third kappa shape index (κ3) is 5.85. The van der Waals surface area contributed by atoms with E-state index in [4.69, 9.17) is 12.2 Å². The Kier molecular flexibility index (Phi) is 6.29. The van der Waals surface area contributed by atoms with E-state index in [9.17, 15) is 0 Å². The molecule has 28 heavy (non-hydrogen) atoms. The molecule has 0 amide bonds. The first-order valence-corrected chi connectivity index (χ1v) is 9.26. The maximum Gasteiger partial charge on any atom is 0.229 e. The third-order valence-corrected chi connectivity index (χ3v) is 3.93. The molecule has 2 aromatic carbocycles. The molecule has 0 radical (unpaired) electrons. The minimum atomic E-state index is 0.318. The zero-order valence-corrected chi connectivity index (χ0v) is 16.8. The van der Waals surface area contributed by atoms with E-state index in [1.54, 1.807) is 0 Å². The van der Waals surface area contributed by atoms with Crippen LogP contribution in [0.3, 0.4) is 0 Å². The molecule has 0 unspecified atom stereocenters. The van der Waals surface area contributed by atoms with Gasteiger partial charge in [-0.1, -0.05) is 30.3 Å². The average molecular weight is 391 g/mol. The highest BCUT2D eigenvalue weighted by atomic mass is 32.1. The van der Waals surface area contributed by atoms with Crippen LogP contribution in [0.1, 0.15) is 17.0 Å². The Labute approximate surface area is 170 Å². The summed E-state index contributed by atoms with van der Waals surface area (Å²) in [5.41, 5.74) is 4.63. The molecular formula is C21H22N6S. The number of aliphatic imine (C=N–C) groups is 1. The van der Waals surface area contributed by atoms with Crippen LogP contribution in [0.25, 0.3) is 0 Å². The molecule has 0 aliphatic rings. The summed E-state index contributed by atoms with van der Waals surface area (Å²) < 4.78 is 0. The Morgan fingerprint density at radius 1 is 0.786 bits per heavy atom. The first-order valence-electron chi connectivity index (χ1n) is 8.86. The fraction of sp³-hybridized carbons (Fsp3) is 0.143. The predicted octanol–water partition coefficient (Wildman–Crippen LogP) is 4.68. The van der Waals surface area contributed by atoms with Gasteiger partial charge in [0.25, 0.3) is 0 Å². The van der Waals surface area contributed by atoms with Crippen molar-refractivity contribution in [2.24, 2.45) is 4.99 Å². The fourth-order valence-electron chi connectivity index (χ4n) is 2.61. The summed E-state index contributed by atoms with van der Waals surface area (Å²) in [6, 6.07) is 19.6. The van der Waals surface area contributed by atoms with E-state index in [-0.39, 0.29) is 0 Å². The normalized spacial score (nSPS) is 11.0. The number of benzene rings is 2. The molecule has 3 rings (SSSR count). The van der Waals surface area contributed by atoms with E-state index >= 15 is 0 Å². The second-order valence-corrected chi connectivity index (χ2v) is 6.74. The molecule has 6 nitrogen and oxygen atoms in total. The smallest absolute Gasteiger partial charge is 0.229 e. The van der Waals surface area contributed by atoms with Crippen molar-refractivity contribution in [2.45, 2.75) is 20.8 Å². The zero-order valence-electron chi connectivity index (χ0n) is 16.0. The van der Waals surface area contributed by atoms with Crippen LogP contribution < -0.4 is 16.0 Å². The molecule has 0 atom stereocenters. The van der Waals surface area contributed by atoms with Crippen molar-refractivity contribution < 1.29 is 0 Å². The van der Waals surface area contributed by atoms with E-state index in [0.717, 1.165) is 28.3 Å². The van der Waals surface area contributed by atoms with Gasteiger partial charge in [0.1, 0.15) is 0 Å². The van der Waals surface area contributed by atoms with Gasteiger partial charge in [-0.3, -0.25) is 5.32 Å². The van der Waals surface area contributed by atoms with Crippen LogP contribution in [0.4, 0.5) is 17.3 Å². The minimum Gasteiger partial charge on any atom is -0.331 e. The van der Waals surface area contributed by atoms with Gasteiger partial charge in [-0.2, -0.15) is 4.99 Å². The van der Waals surface area contributed by atoms with E-state index < -0.39 is 0 Å². The topological polar surface area (TPSA) is 74.2 Å². The molecule has 3 N–H and O–H groups in total. The number of rotatable bonds is 3. The SMILES string of the molecule is Cc1cccc(NC(=NC(=S)Nc2ccccc2)Nc2nc(C)cc(C)n2)c1. The number of nitrogens with zero attached hydrogens (tertiary/aromatic N) is 3. The van der Waals surface area contributed by atoms with Gasteiger partial charge in [0.2, 0.25) is 17.0 Å². The van der Waals surface area contributed by atoms with Gasteiger partial charge < -0.3 is 10.6 Å². The summed E-state index contributed by atoms with van der Waals surface area (Å²) in [5.74, 6) is 0.892. The lowest BCUT2D eigenvalue weighted by Gasteiger charge is -2.13. The van der Waals surface area contributed by atoms with Gasteiger partial charge in [0.15, 0.2) is 0 Å². The monoisotopic (exact) mass is 390 g/mol. The van der Waals surface area contributed by atoms with Crippen molar-refractivity contribution in [3.05, 3.63) is 77.6 Å². The van der Waals surface area contributed by atoms with E-state index in [1.165, 1.54) is 0 Å². The lowest BCUT2D eigenvalue weighted by Crippen LogP contribution is -2.26. The second kappa shape index (κ2) is 9.05. The van der Waals surface area contributed by atoms with Gasteiger partial charge in [-0.05, 0) is 68.9 Å². The molecule has 0 saturated heterocycles. The number of aryl methyl sites for hydroxylation is 3. The van der Waals surface area contributed by atoms with Crippen LogP contribution in [0, 0.1) is 20.8 Å². The van der Waals surface area contributed by atoms with Crippen molar-refractivity contribution in [1.29, 1.82) is 0 Å². The Balaban J connectivity index is 1.85. The Morgan fingerprint density at radius 3 is 2.14 bits per heavy atom. The molecule has 0 spiro atoms. The average Bonchev–Trinajstić information content (AvgIpc) is 2.61. The van der Waals surface area contributed by atoms with Gasteiger partial charge in [-0.25, -0.2) is 9.97 Å². The first-order chi connectivity index (χ1) is 13.5. The fourth-order valence-corrected chi connectivity index (χ4v) is 2.82.